The van der Waals surface area contributed by atoms with E-state index < -0.39 is 83.1 Å². The van der Waals surface area contributed by atoms with Gasteiger partial charge in [0.15, 0.2) is 0 Å². The fraction of sp³-hybridized carbons (Fsp3) is 0.455. The number of sulfonamides is 1. The van der Waals surface area contributed by atoms with E-state index in [2.05, 4.69) is 10.6 Å². The fourth-order valence-corrected chi connectivity index (χ4v) is 5.41. The minimum absolute atomic E-state index is 0.0299. The number of carbonyl (C=O) groups is 6. The summed E-state index contributed by atoms with van der Waals surface area (Å²) >= 11 is 0. The lowest BCUT2D eigenvalue weighted by Crippen LogP contribution is -2.44. The van der Waals surface area contributed by atoms with Gasteiger partial charge in [0.25, 0.3) is 5.91 Å². The summed E-state index contributed by atoms with van der Waals surface area (Å²) in [5, 5.41) is 40.7. The smallest absolute Gasteiger partial charge is 0.326 e. The van der Waals surface area contributed by atoms with E-state index in [0.29, 0.717) is 6.42 Å². The Morgan fingerprint density at radius 3 is 1.95 bits per heavy atom. The molecule has 0 bridgehead atoms. The SMILES string of the molecule is O=C(O)CCC(NC(=O)CCC(NC(=O)c1ccc(S(=O)(=O)N2CCCC2C(=O)O)cc1)C(=O)O)C(=O)O. The standard InChI is InChI=1S/C22H27N3O12S/c26-17(23-14(20(30)31)8-10-18(27)28)9-7-15(21(32)33)24-19(29)12-3-5-13(6-4-12)38(36,37)25-11-1-2-16(25)22(34)35/h3-6,14-16H,1-2,7-11H2,(H,23,26)(H,24,29)(H,27,28)(H,30,31)(H,32,33)(H,34,35). The number of benzene rings is 1. The van der Waals surface area contributed by atoms with Gasteiger partial charge in [0.1, 0.15) is 18.1 Å². The number of hydrogen-bond donors (Lipinski definition) is 6. The predicted molar refractivity (Wildman–Crippen MR) is 126 cm³/mol. The van der Waals surface area contributed by atoms with Crippen molar-refractivity contribution in [2.75, 3.05) is 6.54 Å². The molecule has 15 nitrogen and oxygen atoms in total. The zero-order valence-corrected chi connectivity index (χ0v) is 20.7. The molecule has 38 heavy (non-hydrogen) atoms. The van der Waals surface area contributed by atoms with Gasteiger partial charge in [0, 0.05) is 24.9 Å². The zero-order valence-electron chi connectivity index (χ0n) is 19.9. The maximum Gasteiger partial charge on any atom is 0.326 e. The summed E-state index contributed by atoms with van der Waals surface area (Å²) in [7, 11) is -4.15. The average molecular weight is 558 g/mol. The molecule has 6 N–H and O–H groups in total. The van der Waals surface area contributed by atoms with Crippen molar-refractivity contribution in [2.24, 2.45) is 0 Å². The van der Waals surface area contributed by atoms with Crippen molar-refractivity contribution in [3.05, 3.63) is 29.8 Å². The molecule has 3 unspecified atom stereocenters. The van der Waals surface area contributed by atoms with Crippen LogP contribution in [0.2, 0.25) is 0 Å². The second kappa shape index (κ2) is 13.0. The van der Waals surface area contributed by atoms with E-state index in [1.54, 1.807) is 0 Å². The number of aliphatic carboxylic acids is 4. The molecule has 2 rings (SSSR count). The van der Waals surface area contributed by atoms with Crippen molar-refractivity contribution in [2.45, 2.75) is 61.5 Å². The molecular formula is C22H27N3O12S. The van der Waals surface area contributed by atoms with Crippen LogP contribution in [-0.4, -0.2) is 93.5 Å². The summed E-state index contributed by atoms with van der Waals surface area (Å²) in [6.07, 6.45) is -1.26. The van der Waals surface area contributed by atoms with Gasteiger partial charge in [-0.15, -0.1) is 0 Å². The highest BCUT2D eigenvalue weighted by molar-refractivity contribution is 7.89. The maximum atomic E-state index is 12.8. The Morgan fingerprint density at radius 2 is 1.42 bits per heavy atom. The lowest BCUT2D eigenvalue weighted by atomic mass is 10.1. The molecule has 1 fully saturated rings. The number of hydrogen-bond acceptors (Lipinski definition) is 8. The molecule has 16 heteroatoms. The van der Waals surface area contributed by atoms with E-state index in [4.69, 9.17) is 10.2 Å². The Bertz CT molecular complexity index is 1200. The van der Waals surface area contributed by atoms with Gasteiger partial charge in [-0.05, 0) is 49.9 Å². The van der Waals surface area contributed by atoms with E-state index in [0.717, 1.165) is 28.6 Å². The van der Waals surface area contributed by atoms with E-state index in [1.165, 1.54) is 0 Å². The third-order valence-electron chi connectivity index (χ3n) is 5.76. The minimum Gasteiger partial charge on any atom is -0.481 e. The van der Waals surface area contributed by atoms with Crippen molar-refractivity contribution in [1.82, 2.24) is 14.9 Å². The monoisotopic (exact) mass is 557 g/mol. The van der Waals surface area contributed by atoms with Crippen LogP contribution < -0.4 is 10.6 Å². The zero-order chi connectivity index (χ0) is 28.6. The Morgan fingerprint density at radius 1 is 0.868 bits per heavy atom. The van der Waals surface area contributed by atoms with E-state index in [1.807, 2.05) is 0 Å². The Kier molecular flexibility index (Phi) is 10.3. The van der Waals surface area contributed by atoms with Gasteiger partial charge in [0.05, 0.1) is 4.90 Å². The molecule has 1 saturated heterocycles. The third-order valence-corrected chi connectivity index (χ3v) is 7.68. The molecule has 1 heterocycles. The molecule has 0 aliphatic carbocycles. The number of carbonyl (C=O) groups excluding carboxylic acids is 2. The summed E-state index contributed by atoms with van der Waals surface area (Å²) < 4.78 is 26.5. The number of carboxylic acid groups (broad SMARTS) is 4. The van der Waals surface area contributed by atoms with Gasteiger partial charge < -0.3 is 31.1 Å². The van der Waals surface area contributed by atoms with Crippen LogP contribution in [0.1, 0.15) is 48.9 Å². The van der Waals surface area contributed by atoms with Crippen LogP contribution in [0.15, 0.2) is 29.2 Å². The molecule has 1 aliphatic rings. The quantitative estimate of drug-likeness (QED) is 0.167. The number of carboxylic acids is 4. The van der Waals surface area contributed by atoms with Crippen LogP contribution in [0.4, 0.5) is 0 Å². The lowest BCUT2D eigenvalue weighted by molar-refractivity contribution is -0.144. The lowest BCUT2D eigenvalue weighted by Gasteiger charge is -2.21. The minimum atomic E-state index is -4.15. The number of rotatable bonds is 14. The highest BCUT2D eigenvalue weighted by Crippen LogP contribution is 2.26. The first-order valence-electron chi connectivity index (χ1n) is 11.4. The number of nitrogens with one attached hydrogen (secondary N) is 2. The van der Waals surface area contributed by atoms with Gasteiger partial charge in [0.2, 0.25) is 15.9 Å². The summed E-state index contributed by atoms with van der Waals surface area (Å²) in [5.74, 6) is -7.23. The van der Waals surface area contributed by atoms with Gasteiger partial charge in [-0.1, -0.05) is 0 Å². The molecule has 2 amide bonds. The molecule has 1 aromatic rings. The van der Waals surface area contributed by atoms with E-state index in [-0.39, 0.29) is 29.8 Å². The summed E-state index contributed by atoms with van der Waals surface area (Å²) in [4.78, 5) is 69.1. The van der Waals surface area contributed by atoms with Crippen molar-refractivity contribution >= 4 is 45.7 Å². The molecule has 0 radical (unpaired) electrons. The first kappa shape index (κ1) is 30.2. The molecule has 1 aromatic carbocycles. The summed E-state index contributed by atoms with van der Waals surface area (Å²) in [5.41, 5.74) is -0.101. The Hall–Kier alpha value is -4.05. The van der Waals surface area contributed by atoms with Crippen molar-refractivity contribution in [3.63, 3.8) is 0 Å². The normalized spacial score (nSPS) is 17.2. The highest BCUT2D eigenvalue weighted by Gasteiger charge is 2.39. The molecular weight excluding hydrogens is 530 g/mol. The summed E-state index contributed by atoms with van der Waals surface area (Å²) in [6, 6.07) is 0.192. The average Bonchev–Trinajstić information content (AvgIpc) is 3.35. The van der Waals surface area contributed by atoms with Crippen LogP contribution in [0.5, 0.6) is 0 Å². The number of nitrogens with zero attached hydrogens (tertiary/aromatic N) is 1. The van der Waals surface area contributed by atoms with Crippen LogP contribution in [-0.2, 0) is 34.0 Å². The molecule has 0 aromatic heterocycles. The maximum absolute atomic E-state index is 12.8. The van der Waals surface area contributed by atoms with Crippen LogP contribution in [0, 0.1) is 0 Å². The topological polar surface area (TPSA) is 245 Å². The molecule has 0 saturated carbocycles. The van der Waals surface area contributed by atoms with Crippen molar-refractivity contribution in [3.8, 4) is 0 Å². The second-order valence-corrected chi connectivity index (χ2v) is 10.3. The van der Waals surface area contributed by atoms with Crippen molar-refractivity contribution < 1.29 is 57.6 Å². The first-order chi connectivity index (χ1) is 17.7. The molecule has 208 valence electrons. The van der Waals surface area contributed by atoms with E-state index >= 15 is 0 Å². The Balaban J connectivity index is 2.01. The van der Waals surface area contributed by atoms with Crippen LogP contribution in [0.25, 0.3) is 0 Å². The highest BCUT2D eigenvalue weighted by atomic mass is 32.2. The first-order valence-corrected chi connectivity index (χ1v) is 12.8. The molecule has 0 spiro atoms. The van der Waals surface area contributed by atoms with Gasteiger partial charge in [-0.3, -0.25) is 19.2 Å². The predicted octanol–water partition coefficient (Wildman–Crippen LogP) is -0.678. The van der Waals surface area contributed by atoms with Crippen LogP contribution >= 0.6 is 0 Å². The van der Waals surface area contributed by atoms with Crippen molar-refractivity contribution in [1.29, 1.82) is 0 Å². The number of amides is 2. The van der Waals surface area contributed by atoms with Crippen LogP contribution in [0.3, 0.4) is 0 Å². The third kappa shape index (κ3) is 7.97. The van der Waals surface area contributed by atoms with Gasteiger partial charge >= 0.3 is 23.9 Å². The fourth-order valence-electron chi connectivity index (χ4n) is 3.75. The largest absolute Gasteiger partial charge is 0.481 e. The summed E-state index contributed by atoms with van der Waals surface area (Å²) in [6.45, 7) is 0.0299. The Labute approximate surface area is 216 Å². The van der Waals surface area contributed by atoms with Gasteiger partial charge in [-0.2, -0.15) is 4.31 Å². The molecule has 1 aliphatic heterocycles. The second-order valence-electron chi connectivity index (χ2n) is 8.43. The molecule has 3 atom stereocenters. The van der Waals surface area contributed by atoms with Gasteiger partial charge in [-0.25, -0.2) is 18.0 Å². The van der Waals surface area contributed by atoms with E-state index in [9.17, 15) is 47.4 Å².